The highest BCUT2D eigenvalue weighted by Gasteiger charge is 2.44. The Balaban J connectivity index is 1.54. The smallest absolute Gasteiger partial charge is 0.230 e. The van der Waals surface area contributed by atoms with Crippen molar-refractivity contribution in [3.63, 3.8) is 0 Å². The summed E-state index contributed by atoms with van der Waals surface area (Å²) in [5, 5.41) is 2.08. The van der Waals surface area contributed by atoms with Gasteiger partial charge in [-0.05, 0) is 54.0 Å². The van der Waals surface area contributed by atoms with Gasteiger partial charge in [0.1, 0.15) is 0 Å². The maximum absolute atomic E-state index is 13.4. The van der Waals surface area contributed by atoms with Crippen molar-refractivity contribution >= 4 is 23.2 Å². The summed E-state index contributed by atoms with van der Waals surface area (Å²) in [6.45, 7) is 1.13. The Labute approximate surface area is 193 Å². The number of piperidine rings is 1. The molecule has 0 spiro atoms. The lowest BCUT2D eigenvalue weighted by Gasteiger charge is -2.43. The first-order valence-electron chi connectivity index (χ1n) is 11.0. The zero-order valence-electron chi connectivity index (χ0n) is 18.7. The van der Waals surface area contributed by atoms with E-state index in [0.717, 1.165) is 24.1 Å². The Morgan fingerprint density at radius 1 is 1.09 bits per heavy atom. The number of likely N-dealkylation sites (tertiary alicyclic amines) is 1. The van der Waals surface area contributed by atoms with E-state index in [1.807, 2.05) is 23.1 Å². The van der Waals surface area contributed by atoms with E-state index in [0.29, 0.717) is 19.5 Å². The number of thiophene rings is 1. The second-order valence-electron chi connectivity index (χ2n) is 8.75. The van der Waals surface area contributed by atoms with E-state index >= 15 is 0 Å². The highest BCUT2D eigenvalue weighted by molar-refractivity contribution is 7.13. The van der Waals surface area contributed by atoms with Crippen LogP contribution in [0, 0.1) is 5.41 Å². The van der Waals surface area contributed by atoms with Crippen LogP contribution in [0.15, 0.2) is 66.2 Å². The van der Waals surface area contributed by atoms with Gasteiger partial charge in [0.05, 0.1) is 11.8 Å². The van der Waals surface area contributed by atoms with Gasteiger partial charge in [0.25, 0.3) is 0 Å². The molecule has 1 atom stereocenters. The number of hydrogen-bond acceptors (Lipinski definition) is 4. The van der Waals surface area contributed by atoms with Crippen LogP contribution in [0.2, 0.25) is 0 Å². The first kappa shape index (κ1) is 22.2. The Morgan fingerprint density at radius 2 is 1.91 bits per heavy atom. The molecule has 0 radical (unpaired) electrons. The van der Waals surface area contributed by atoms with Crippen LogP contribution in [0.4, 0.5) is 0 Å². The minimum Gasteiger partial charge on any atom is -0.348 e. The third-order valence-electron chi connectivity index (χ3n) is 6.15. The van der Waals surface area contributed by atoms with Gasteiger partial charge in [-0.2, -0.15) is 0 Å². The molecule has 1 aromatic carbocycles. The molecule has 1 aliphatic heterocycles. The fourth-order valence-corrected chi connectivity index (χ4v) is 5.34. The summed E-state index contributed by atoms with van der Waals surface area (Å²) in [5.74, 6) is 0.127. The SMILES string of the molecule is CN(C)C(=O)C1(Cc2ccc(-c3cccs3)cc2)CCCN(C(=O)Cc2ccccn2)C1. The van der Waals surface area contributed by atoms with Crippen LogP contribution < -0.4 is 0 Å². The monoisotopic (exact) mass is 447 g/mol. The van der Waals surface area contributed by atoms with Crippen LogP contribution in [0.3, 0.4) is 0 Å². The third-order valence-corrected chi connectivity index (χ3v) is 7.07. The zero-order chi connectivity index (χ0) is 22.6. The average Bonchev–Trinajstić information content (AvgIpc) is 3.35. The lowest BCUT2D eigenvalue weighted by atomic mass is 9.73. The number of nitrogens with zero attached hydrogens (tertiary/aromatic N) is 3. The molecule has 6 heteroatoms. The van der Waals surface area contributed by atoms with Crippen molar-refractivity contribution in [2.24, 2.45) is 5.41 Å². The van der Waals surface area contributed by atoms with Gasteiger partial charge < -0.3 is 9.80 Å². The molecular formula is C26H29N3O2S. The highest BCUT2D eigenvalue weighted by atomic mass is 32.1. The van der Waals surface area contributed by atoms with E-state index < -0.39 is 5.41 Å². The average molecular weight is 448 g/mol. The Hall–Kier alpha value is -2.99. The number of amides is 2. The van der Waals surface area contributed by atoms with Crippen molar-refractivity contribution in [3.05, 3.63) is 77.4 Å². The van der Waals surface area contributed by atoms with E-state index in [1.54, 1.807) is 36.5 Å². The van der Waals surface area contributed by atoms with E-state index in [4.69, 9.17) is 0 Å². The van der Waals surface area contributed by atoms with Gasteiger partial charge >= 0.3 is 0 Å². The molecule has 1 aliphatic rings. The van der Waals surface area contributed by atoms with Crippen LogP contribution in [0.25, 0.3) is 10.4 Å². The summed E-state index contributed by atoms with van der Waals surface area (Å²) >= 11 is 1.72. The summed E-state index contributed by atoms with van der Waals surface area (Å²) in [7, 11) is 3.61. The molecule has 2 aromatic heterocycles. The van der Waals surface area contributed by atoms with Gasteiger partial charge in [-0.3, -0.25) is 14.6 Å². The molecule has 1 saturated heterocycles. The number of benzene rings is 1. The van der Waals surface area contributed by atoms with Crippen molar-refractivity contribution in [3.8, 4) is 10.4 Å². The van der Waals surface area contributed by atoms with E-state index in [-0.39, 0.29) is 18.2 Å². The maximum Gasteiger partial charge on any atom is 0.230 e. The van der Waals surface area contributed by atoms with Crippen molar-refractivity contribution in [1.29, 1.82) is 0 Å². The first-order chi connectivity index (χ1) is 15.5. The molecule has 4 rings (SSSR count). The summed E-state index contributed by atoms with van der Waals surface area (Å²) in [6.07, 6.45) is 4.20. The molecule has 166 valence electrons. The number of pyridine rings is 1. The quantitative estimate of drug-likeness (QED) is 0.566. The summed E-state index contributed by atoms with van der Waals surface area (Å²) in [5.41, 5.74) is 2.47. The van der Waals surface area contributed by atoms with Gasteiger partial charge in [-0.1, -0.05) is 36.4 Å². The Kier molecular flexibility index (Phi) is 6.70. The topological polar surface area (TPSA) is 53.5 Å². The summed E-state index contributed by atoms with van der Waals surface area (Å²) < 4.78 is 0. The molecule has 0 aliphatic carbocycles. The largest absolute Gasteiger partial charge is 0.348 e. The minimum absolute atomic E-state index is 0.0346. The van der Waals surface area contributed by atoms with Gasteiger partial charge in [0, 0.05) is 44.0 Å². The number of aromatic nitrogens is 1. The molecule has 1 fully saturated rings. The zero-order valence-corrected chi connectivity index (χ0v) is 19.5. The van der Waals surface area contributed by atoms with E-state index in [9.17, 15) is 9.59 Å². The Morgan fingerprint density at radius 3 is 2.56 bits per heavy atom. The molecule has 3 aromatic rings. The van der Waals surface area contributed by atoms with Crippen LogP contribution in [0.1, 0.15) is 24.1 Å². The molecule has 0 N–H and O–H groups in total. The molecule has 0 bridgehead atoms. The second kappa shape index (κ2) is 9.65. The van der Waals surface area contributed by atoms with Gasteiger partial charge in [-0.15, -0.1) is 11.3 Å². The normalized spacial score (nSPS) is 18.4. The van der Waals surface area contributed by atoms with Crippen molar-refractivity contribution < 1.29 is 9.59 Å². The van der Waals surface area contributed by atoms with Crippen LogP contribution in [-0.2, 0) is 22.4 Å². The molecule has 32 heavy (non-hydrogen) atoms. The molecular weight excluding hydrogens is 418 g/mol. The van der Waals surface area contributed by atoms with Crippen molar-refractivity contribution in [1.82, 2.24) is 14.8 Å². The second-order valence-corrected chi connectivity index (χ2v) is 9.70. The lowest BCUT2D eigenvalue weighted by Crippen LogP contribution is -2.54. The fourth-order valence-electron chi connectivity index (χ4n) is 4.60. The standard InChI is InChI=1S/C26H29N3O2S/c1-28(2)25(31)26(18-20-9-11-21(12-10-20)23-8-5-16-32-23)13-6-15-29(19-26)24(30)17-22-7-3-4-14-27-22/h3-5,7-12,14,16H,6,13,15,17-19H2,1-2H3. The molecule has 0 saturated carbocycles. The predicted molar refractivity (Wildman–Crippen MR) is 128 cm³/mol. The number of rotatable bonds is 6. The fraction of sp³-hybridized carbons (Fsp3) is 0.346. The lowest BCUT2D eigenvalue weighted by molar-refractivity contribution is -0.147. The number of carbonyl (C=O) groups is 2. The third kappa shape index (κ3) is 4.91. The van der Waals surface area contributed by atoms with Gasteiger partial charge in [0.15, 0.2) is 0 Å². The molecule has 1 unspecified atom stereocenters. The summed E-state index contributed by atoms with van der Waals surface area (Å²) in [4.78, 5) is 35.5. The predicted octanol–water partition coefficient (Wildman–Crippen LogP) is 4.29. The van der Waals surface area contributed by atoms with E-state index in [1.165, 1.54) is 10.4 Å². The molecule has 3 heterocycles. The number of carbonyl (C=O) groups excluding carboxylic acids is 2. The molecule has 5 nitrogen and oxygen atoms in total. The van der Waals surface area contributed by atoms with Crippen LogP contribution >= 0.6 is 11.3 Å². The van der Waals surface area contributed by atoms with Crippen molar-refractivity contribution in [2.45, 2.75) is 25.7 Å². The molecule has 2 amide bonds. The van der Waals surface area contributed by atoms with E-state index in [2.05, 4.69) is 46.8 Å². The van der Waals surface area contributed by atoms with Crippen LogP contribution in [-0.4, -0.2) is 53.8 Å². The highest BCUT2D eigenvalue weighted by Crippen LogP contribution is 2.36. The first-order valence-corrected chi connectivity index (χ1v) is 11.9. The van der Waals surface area contributed by atoms with Gasteiger partial charge in [-0.25, -0.2) is 0 Å². The summed E-state index contributed by atoms with van der Waals surface area (Å²) in [6, 6.07) is 18.3. The van der Waals surface area contributed by atoms with Gasteiger partial charge in [0.2, 0.25) is 11.8 Å². The maximum atomic E-state index is 13.4. The van der Waals surface area contributed by atoms with Crippen LogP contribution in [0.5, 0.6) is 0 Å². The van der Waals surface area contributed by atoms with Crippen molar-refractivity contribution in [2.75, 3.05) is 27.2 Å². The number of hydrogen-bond donors (Lipinski definition) is 0. The minimum atomic E-state index is -0.605. The Bertz CT molecular complexity index is 1050.